The van der Waals surface area contributed by atoms with Crippen molar-refractivity contribution in [3.63, 3.8) is 0 Å². The first-order valence-corrected chi connectivity index (χ1v) is 8.46. The summed E-state index contributed by atoms with van der Waals surface area (Å²) in [7, 11) is 0. The molecule has 0 radical (unpaired) electrons. The number of amides is 1. The lowest BCUT2D eigenvalue weighted by Gasteiger charge is -2.13. The number of rotatable bonds is 3. The Balaban J connectivity index is 1.84. The first-order valence-electron chi connectivity index (χ1n) is 8.46. The first kappa shape index (κ1) is 15.7. The lowest BCUT2D eigenvalue weighted by Crippen LogP contribution is -2.32. The lowest BCUT2D eigenvalue weighted by atomic mass is 10.0. The van der Waals surface area contributed by atoms with E-state index in [1.807, 2.05) is 0 Å². The minimum Gasteiger partial charge on any atom is -0.349 e. The molecule has 0 saturated heterocycles. The molecule has 4 rings (SSSR count). The Morgan fingerprint density at radius 1 is 1.28 bits per heavy atom. The third kappa shape index (κ3) is 2.88. The molecule has 0 aliphatic heterocycles. The van der Waals surface area contributed by atoms with Crippen LogP contribution in [0.1, 0.15) is 41.7 Å². The Labute approximate surface area is 144 Å². The van der Waals surface area contributed by atoms with Gasteiger partial charge in [-0.15, -0.1) is 0 Å². The highest BCUT2D eigenvalue weighted by Crippen LogP contribution is 2.32. The molecule has 1 fully saturated rings. The molecule has 0 atom stereocenters. The van der Waals surface area contributed by atoms with Crippen molar-refractivity contribution in [1.82, 2.24) is 15.5 Å². The van der Waals surface area contributed by atoms with Crippen molar-refractivity contribution < 1.29 is 13.7 Å². The molecule has 3 aromatic rings. The summed E-state index contributed by atoms with van der Waals surface area (Å²) in [4.78, 5) is 17.1. The summed E-state index contributed by atoms with van der Waals surface area (Å²) < 4.78 is 19.5. The number of pyridine rings is 1. The Morgan fingerprint density at radius 3 is 2.80 bits per heavy atom. The van der Waals surface area contributed by atoms with Crippen molar-refractivity contribution in [3.8, 4) is 11.3 Å². The van der Waals surface area contributed by atoms with E-state index >= 15 is 0 Å². The van der Waals surface area contributed by atoms with Gasteiger partial charge in [-0.05, 0) is 38.0 Å². The van der Waals surface area contributed by atoms with Crippen molar-refractivity contribution in [1.29, 1.82) is 0 Å². The van der Waals surface area contributed by atoms with Crippen LogP contribution in [0.25, 0.3) is 22.4 Å². The molecule has 0 unspecified atom stereocenters. The summed E-state index contributed by atoms with van der Waals surface area (Å²) in [5.74, 6) is -0.608. The number of fused-ring (bicyclic) bond motifs is 1. The number of carbonyl (C=O) groups is 1. The minimum atomic E-state index is -0.416. The highest BCUT2D eigenvalue weighted by atomic mass is 19.1. The maximum atomic E-state index is 14.2. The second-order valence-electron chi connectivity index (χ2n) is 6.46. The summed E-state index contributed by atoms with van der Waals surface area (Å²) in [5.41, 5.74) is 1.92. The monoisotopic (exact) mass is 339 g/mol. The largest absolute Gasteiger partial charge is 0.349 e. The van der Waals surface area contributed by atoms with Gasteiger partial charge in [-0.3, -0.25) is 4.79 Å². The van der Waals surface area contributed by atoms with Crippen molar-refractivity contribution in [2.45, 2.75) is 38.6 Å². The Kier molecular flexibility index (Phi) is 3.95. The number of aromatic nitrogens is 2. The van der Waals surface area contributed by atoms with E-state index in [1.165, 1.54) is 6.07 Å². The average molecular weight is 339 g/mol. The highest BCUT2D eigenvalue weighted by molar-refractivity contribution is 6.09. The zero-order valence-electron chi connectivity index (χ0n) is 13.9. The van der Waals surface area contributed by atoms with Crippen LogP contribution in [-0.2, 0) is 0 Å². The molecule has 0 bridgehead atoms. The molecule has 1 N–H and O–H groups in total. The highest BCUT2D eigenvalue weighted by Gasteiger charge is 2.24. The maximum absolute atomic E-state index is 14.2. The van der Waals surface area contributed by atoms with Crippen LogP contribution in [0.5, 0.6) is 0 Å². The number of hydrogen-bond acceptors (Lipinski definition) is 4. The van der Waals surface area contributed by atoms with Gasteiger partial charge in [0.2, 0.25) is 0 Å². The Hall–Kier alpha value is -2.76. The normalized spacial score (nSPS) is 15.0. The molecule has 1 saturated carbocycles. The summed E-state index contributed by atoms with van der Waals surface area (Å²) in [6, 6.07) is 8.19. The SMILES string of the molecule is Cc1cc(C(=O)NC2CCCC2)c2c(-c3ccccc3F)noc2n1. The van der Waals surface area contributed by atoms with E-state index in [4.69, 9.17) is 4.52 Å². The molecule has 2 aromatic heterocycles. The van der Waals surface area contributed by atoms with Gasteiger partial charge < -0.3 is 9.84 Å². The van der Waals surface area contributed by atoms with Crippen molar-refractivity contribution in [2.24, 2.45) is 0 Å². The molecule has 128 valence electrons. The number of aryl methyl sites for hydroxylation is 1. The van der Waals surface area contributed by atoms with Gasteiger partial charge in [0.25, 0.3) is 11.6 Å². The van der Waals surface area contributed by atoms with Crippen molar-refractivity contribution in [2.75, 3.05) is 0 Å². The summed E-state index contributed by atoms with van der Waals surface area (Å²) in [6.45, 7) is 1.79. The smallest absolute Gasteiger partial charge is 0.259 e. The third-order valence-electron chi connectivity index (χ3n) is 4.64. The van der Waals surface area contributed by atoms with Crippen LogP contribution >= 0.6 is 0 Å². The zero-order valence-corrected chi connectivity index (χ0v) is 13.9. The fourth-order valence-electron chi connectivity index (χ4n) is 3.42. The van der Waals surface area contributed by atoms with Gasteiger partial charge in [-0.2, -0.15) is 0 Å². The molecular weight excluding hydrogens is 321 g/mol. The van der Waals surface area contributed by atoms with Gasteiger partial charge in [0.15, 0.2) is 0 Å². The zero-order chi connectivity index (χ0) is 17.4. The van der Waals surface area contributed by atoms with Crippen LogP contribution < -0.4 is 5.32 Å². The van der Waals surface area contributed by atoms with E-state index in [0.29, 0.717) is 27.9 Å². The van der Waals surface area contributed by atoms with E-state index < -0.39 is 5.82 Å². The number of carbonyl (C=O) groups excluding carboxylic acids is 1. The maximum Gasteiger partial charge on any atom is 0.259 e. The van der Waals surface area contributed by atoms with E-state index in [9.17, 15) is 9.18 Å². The van der Waals surface area contributed by atoms with Gasteiger partial charge in [-0.1, -0.05) is 30.1 Å². The molecule has 1 aromatic carbocycles. The predicted octanol–water partition coefficient (Wildman–Crippen LogP) is 4.01. The fraction of sp³-hybridized carbons (Fsp3) is 0.316. The number of nitrogens with zero attached hydrogens (tertiary/aromatic N) is 2. The van der Waals surface area contributed by atoms with E-state index in [2.05, 4.69) is 15.5 Å². The molecule has 1 amide bonds. The van der Waals surface area contributed by atoms with Crippen LogP contribution in [-0.4, -0.2) is 22.1 Å². The molecule has 25 heavy (non-hydrogen) atoms. The van der Waals surface area contributed by atoms with Gasteiger partial charge in [-0.25, -0.2) is 9.37 Å². The minimum absolute atomic E-state index is 0.188. The van der Waals surface area contributed by atoms with Crippen LogP contribution in [0.4, 0.5) is 4.39 Å². The van der Waals surface area contributed by atoms with E-state index in [0.717, 1.165) is 25.7 Å². The average Bonchev–Trinajstić information content (AvgIpc) is 3.24. The predicted molar refractivity (Wildman–Crippen MR) is 91.7 cm³/mol. The Bertz CT molecular complexity index is 945. The number of halogens is 1. The Morgan fingerprint density at radius 2 is 2.04 bits per heavy atom. The number of nitrogens with one attached hydrogen (secondary N) is 1. The van der Waals surface area contributed by atoms with Crippen molar-refractivity contribution in [3.05, 3.63) is 47.4 Å². The number of benzene rings is 1. The second kappa shape index (κ2) is 6.27. The molecule has 2 heterocycles. The number of hydrogen-bond donors (Lipinski definition) is 1. The van der Waals surface area contributed by atoms with Crippen LogP contribution in [0.2, 0.25) is 0 Å². The second-order valence-corrected chi connectivity index (χ2v) is 6.46. The van der Waals surface area contributed by atoms with Gasteiger partial charge in [0.1, 0.15) is 11.5 Å². The molecule has 5 nitrogen and oxygen atoms in total. The van der Waals surface area contributed by atoms with E-state index in [1.54, 1.807) is 31.2 Å². The third-order valence-corrected chi connectivity index (χ3v) is 4.64. The quantitative estimate of drug-likeness (QED) is 0.783. The van der Waals surface area contributed by atoms with Gasteiger partial charge >= 0.3 is 0 Å². The van der Waals surface area contributed by atoms with E-state index in [-0.39, 0.29) is 17.7 Å². The summed E-state index contributed by atoms with van der Waals surface area (Å²) in [5, 5.41) is 7.50. The summed E-state index contributed by atoms with van der Waals surface area (Å²) in [6.07, 6.45) is 4.23. The first-order chi connectivity index (χ1) is 12.1. The van der Waals surface area contributed by atoms with Crippen molar-refractivity contribution >= 4 is 17.0 Å². The molecule has 1 aliphatic rings. The molecule has 1 aliphatic carbocycles. The van der Waals surface area contributed by atoms with Gasteiger partial charge in [0, 0.05) is 17.3 Å². The fourth-order valence-corrected chi connectivity index (χ4v) is 3.42. The summed E-state index contributed by atoms with van der Waals surface area (Å²) >= 11 is 0. The van der Waals surface area contributed by atoms with Crippen LogP contribution in [0, 0.1) is 12.7 Å². The molecule has 6 heteroatoms. The van der Waals surface area contributed by atoms with Crippen LogP contribution in [0.3, 0.4) is 0 Å². The molecular formula is C19H18FN3O2. The standard InChI is InChI=1S/C19H18FN3O2/c1-11-10-14(18(24)22-12-6-2-3-7-12)16-17(23-25-19(16)21-11)13-8-4-5-9-15(13)20/h4-5,8-10,12H,2-3,6-7H2,1H3,(H,22,24). The molecule has 0 spiro atoms. The lowest BCUT2D eigenvalue weighted by molar-refractivity contribution is 0.0939. The van der Waals surface area contributed by atoms with Crippen LogP contribution in [0.15, 0.2) is 34.9 Å². The van der Waals surface area contributed by atoms with Gasteiger partial charge in [0.05, 0.1) is 10.9 Å². The topological polar surface area (TPSA) is 68.0 Å².